The number of benzene rings is 1. The van der Waals surface area contributed by atoms with E-state index >= 15 is 0 Å². The van der Waals surface area contributed by atoms with Crippen LogP contribution in [0.1, 0.15) is 49.4 Å². The summed E-state index contributed by atoms with van der Waals surface area (Å²) in [5.41, 5.74) is 1.37. The standard InChI is InChI=1S/C20H27N5/c1-2-6-14(7-3-1)17-8-4-5-11-25-19(17)23-20(24-25)22-18-15-9-10-16(18)13-21-12-15/h1-3,6-7,15-18,21H,4-5,8-13H2,(H,22,24)/t15-,16+,17?,18?. The second-order valence-corrected chi connectivity index (χ2v) is 7.90. The monoisotopic (exact) mass is 337 g/mol. The van der Waals surface area contributed by atoms with Crippen molar-refractivity contribution in [2.24, 2.45) is 11.8 Å². The van der Waals surface area contributed by atoms with Crippen LogP contribution in [0.25, 0.3) is 0 Å². The van der Waals surface area contributed by atoms with Crippen molar-refractivity contribution in [3.8, 4) is 0 Å². The van der Waals surface area contributed by atoms with E-state index in [-0.39, 0.29) is 0 Å². The smallest absolute Gasteiger partial charge is 0.242 e. The highest BCUT2D eigenvalue weighted by Gasteiger charge is 2.39. The van der Waals surface area contributed by atoms with Gasteiger partial charge in [-0.25, -0.2) is 4.68 Å². The van der Waals surface area contributed by atoms with Gasteiger partial charge in [-0.3, -0.25) is 0 Å². The fourth-order valence-corrected chi connectivity index (χ4v) is 5.05. The normalized spacial score (nSPS) is 31.4. The van der Waals surface area contributed by atoms with Gasteiger partial charge >= 0.3 is 0 Å². The van der Waals surface area contributed by atoms with E-state index in [9.17, 15) is 0 Å². The maximum atomic E-state index is 4.98. The fraction of sp³-hybridized carbons (Fsp3) is 0.600. The first-order valence-electron chi connectivity index (χ1n) is 9.85. The molecule has 132 valence electrons. The molecule has 2 unspecified atom stereocenters. The molecule has 1 saturated carbocycles. The molecule has 1 saturated heterocycles. The van der Waals surface area contributed by atoms with Crippen molar-refractivity contribution in [2.45, 2.75) is 50.6 Å². The molecule has 2 aliphatic heterocycles. The molecule has 0 amide bonds. The highest BCUT2D eigenvalue weighted by atomic mass is 15.4. The van der Waals surface area contributed by atoms with Gasteiger partial charge in [0.25, 0.3) is 0 Å². The van der Waals surface area contributed by atoms with Gasteiger partial charge in [0.15, 0.2) is 0 Å². The zero-order valence-electron chi connectivity index (χ0n) is 14.7. The third-order valence-corrected chi connectivity index (χ3v) is 6.36. The van der Waals surface area contributed by atoms with Crippen molar-refractivity contribution in [1.82, 2.24) is 20.1 Å². The first-order chi connectivity index (χ1) is 12.4. The molecule has 2 N–H and O–H groups in total. The van der Waals surface area contributed by atoms with Gasteiger partial charge in [0.1, 0.15) is 5.82 Å². The van der Waals surface area contributed by atoms with Crippen molar-refractivity contribution in [3.63, 3.8) is 0 Å². The molecule has 4 atom stereocenters. The Labute approximate surface area is 149 Å². The first-order valence-corrected chi connectivity index (χ1v) is 9.85. The van der Waals surface area contributed by atoms with E-state index in [2.05, 4.69) is 45.6 Å². The molecule has 25 heavy (non-hydrogen) atoms. The molecule has 2 fully saturated rings. The quantitative estimate of drug-likeness (QED) is 0.904. The van der Waals surface area contributed by atoms with E-state index in [4.69, 9.17) is 10.1 Å². The summed E-state index contributed by atoms with van der Waals surface area (Å²) in [6, 6.07) is 11.4. The van der Waals surface area contributed by atoms with Crippen LogP contribution in [0.4, 0.5) is 5.95 Å². The van der Waals surface area contributed by atoms with E-state index in [1.807, 2.05) is 0 Å². The summed E-state index contributed by atoms with van der Waals surface area (Å²) in [6.07, 6.45) is 6.26. The molecular weight excluding hydrogens is 310 g/mol. The van der Waals surface area contributed by atoms with E-state index in [1.165, 1.54) is 37.7 Å². The number of hydrogen-bond donors (Lipinski definition) is 2. The van der Waals surface area contributed by atoms with Crippen LogP contribution in [0, 0.1) is 11.8 Å². The van der Waals surface area contributed by atoms with Crippen LogP contribution < -0.4 is 10.6 Å². The Balaban J connectivity index is 1.43. The number of rotatable bonds is 3. The molecule has 5 nitrogen and oxygen atoms in total. The Morgan fingerprint density at radius 2 is 1.80 bits per heavy atom. The van der Waals surface area contributed by atoms with Crippen LogP contribution in [0.5, 0.6) is 0 Å². The largest absolute Gasteiger partial charge is 0.350 e. The number of aromatic nitrogens is 3. The molecule has 0 radical (unpaired) electrons. The van der Waals surface area contributed by atoms with Gasteiger partial charge in [-0.05, 0) is 56.2 Å². The van der Waals surface area contributed by atoms with Gasteiger partial charge in [0.05, 0.1) is 0 Å². The Bertz CT molecular complexity index is 709. The average Bonchev–Trinajstić information content (AvgIpc) is 3.04. The van der Waals surface area contributed by atoms with Gasteiger partial charge in [-0.2, -0.15) is 4.98 Å². The van der Waals surface area contributed by atoms with Gasteiger partial charge in [-0.15, -0.1) is 5.10 Å². The van der Waals surface area contributed by atoms with Gasteiger partial charge in [-0.1, -0.05) is 36.8 Å². The minimum absolute atomic E-state index is 0.372. The molecule has 3 aliphatic rings. The van der Waals surface area contributed by atoms with Crippen LogP contribution in [0.2, 0.25) is 0 Å². The van der Waals surface area contributed by atoms with Crippen molar-refractivity contribution >= 4 is 5.95 Å². The van der Waals surface area contributed by atoms with Crippen LogP contribution in [0.15, 0.2) is 30.3 Å². The molecule has 1 aromatic heterocycles. The zero-order valence-corrected chi connectivity index (χ0v) is 14.7. The van der Waals surface area contributed by atoms with Crippen molar-refractivity contribution in [3.05, 3.63) is 41.7 Å². The highest BCUT2D eigenvalue weighted by molar-refractivity contribution is 5.32. The van der Waals surface area contributed by atoms with E-state index < -0.39 is 0 Å². The van der Waals surface area contributed by atoms with Crippen LogP contribution >= 0.6 is 0 Å². The third kappa shape index (κ3) is 2.84. The van der Waals surface area contributed by atoms with Gasteiger partial charge < -0.3 is 10.6 Å². The highest BCUT2D eigenvalue weighted by Crippen LogP contribution is 2.36. The van der Waals surface area contributed by atoms with Crippen molar-refractivity contribution < 1.29 is 0 Å². The maximum Gasteiger partial charge on any atom is 0.242 e. The second-order valence-electron chi connectivity index (χ2n) is 7.90. The summed E-state index contributed by atoms with van der Waals surface area (Å²) in [7, 11) is 0. The second kappa shape index (κ2) is 6.45. The zero-order chi connectivity index (χ0) is 16.6. The summed E-state index contributed by atoms with van der Waals surface area (Å²) in [4.78, 5) is 4.98. The molecule has 3 heterocycles. The number of hydrogen-bond acceptors (Lipinski definition) is 4. The van der Waals surface area contributed by atoms with Crippen molar-refractivity contribution in [1.29, 1.82) is 0 Å². The Hall–Kier alpha value is -1.88. The maximum absolute atomic E-state index is 4.98. The Morgan fingerprint density at radius 3 is 2.60 bits per heavy atom. The fourth-order valence-electron chi connectivity index (χ4n) is 5.05. The Kier molecular flexibility index (Phi) is 3.97. The number of fused-ring (bicyclic) bond motifs is 3. The molecule has 0 spiro atoms. The lowest BCUT2D eigenvalue weighted by Gasteiger charge is -2.31. The van der Waals surface area contributed by atoms with Crippen molar-refractivity contribution in [2.75, 3.05) is 18.4 Å². The van der Waals surface area contributed by atoms with Crippen LogP contribution in [-0.2, 0) is 6.54 Å². The lowest BCUT2D eigenvalue weighted by atomic mass is 9.93. The van der Waals surface area contributed by atoms with Gasteiger partial charge in [0.2, 0.25) is 5.95 Å². The number of nitrogens with zero attached hydrogens (tertiary/aromatic N) is 3. The lowest BCUT2D eigenvalue weighted by Crippen LogP contribution is -2.45. The predicted octanol–water partition coefficient (Wildman–Crippen LogP) is 3.00. The predicted molar refractivity (Wildman–Crippen MR) is 98.7 cm³/mol. The topological polar surface area (TPSA) is 54.8 Å². The number of nitrogens with one attached hydrogen (secondary N) is 2. The molecular formula is C20H27N5. The summed E-state index contributed by atoms with van der Waals surface area (Å²) in [5.74, 6) is 3.82. The third-order valence-electron chi connectivity index (χ3n) is 6.36. The van der Waals surface area contributed by atoms with Gasteiger partial charge in [0, 0.05) is 18.5 Å². The molecule has 5 heteroatoms. The Morgan fingerprint density at radius 1 is 1.00 bits per heavy atom. The van der Waals surface area contributed by atoms with Crippen LogP contribution in [0.3, 0.4) is 0 Å². The number of aryl methyl sites for hydroxylation is 1. The molecule has 2 aromatic rings. The minimum Gasteiger partial charge on any atom is -0.350 e. The van der Waals surface area contributed by atoms with Crippen LogP contribution in [-0.4, -0.2) is 33.9 Å². The summed E-state index contributed by atoms with van der Waals surface area (Å²) in [5, 5.41) is 12.1. The van der Waals surface area contributed by atoms with E-state index in [0.29, 0.717) is 12.0 Å². The lowest BCUT2D eigenvalue weighted by molar-refractivity contribution is 0.341. The average molecular weight is 337 g/mol. The summed E-state index contributed by atoms with van der Waals surface area (Å²) < 4.78 is 2.16. The number of piperidine rings is 1. The van der Waals surface area contributed by atoms with E-state index in [1.54, 1.807) is 0 Å². The summed E-state index contributed by atoms with van der Waals surface area (Å²) in [6.45, 7) is 3.26. The first kappa shape index (κ1) is 15.4. The minimum atomic E-state index is 0.372. The molecule has 1 aliphatic carbocycles. The van der Waals surface area contributed by atoms with E-state index in [0.717, 1.165) is 43.2 Å². The molecule has 1 aromatic carbocycles. The SMILES string of the molecule is c1ccc(C2CCCCn3nc(NC4[C@@H]5CC[C@H]4CNC5)nc32)cc1. The molecule has 5 rings (SSSR count). The molecule has 2 bridgehead atoms. The summed E-state index contributed by atoms with van der Waals surface area (Å²) >= 11 is 0. The number of anilines is 1.